The summed E-state index contributed by atoms with van der Waals surface area (Å²) in [7, 11) is 0. The van der Waals surface area contributed by atoms with Crippen LogP contribution in [0.1, 0.15) is 50.5 Å². The van der Waals surface area contributed by atoms with E-state index >= 15 is 0 Å². The average Bonchev–Trinajstić information content (AvgIpc) is 3.45. The molecule has 2 heterocycles. The van der Waals surface area contributed by atoms with Gasteiger partial charge in [-0.3, -0.25) is 4.99 Å². The van der Waals surface area contributed by atoms with E-state index in [0.29, 0.717) is 5.41 Å². The van der Waals surface area contributed by atoms with Crippen molar-refractivity contribution in [1.29, 1.82) is 0 Å². The number of hydrogen-bond acceptors (Lipinski definition) is 4. The molecule has 1 aromatic heterocycles. The van der Waals surface area contributed by atoms with E-state index in [9.17, 15) is 0 Å². The van der Waals surface area contributed by atoms with Crippen molar-refractivity contribution in [3.05, 3.63) is 89.8 Å². The smallest absolute Gasteiger partial charge is 0.124 e. The fraction of sp³-hybridized carbons (Fsp3) is 0.312. The molecule has 1 saturated carbocycles. The number of thiazole rings is 1. The molecule has 3 aromatic carbocycles. The molecule has 0 unspecified atom stereocenters. The maximum atomic E-state index is 4.82. The molecule has 2 fully saturated rings. The number of aliphatic imine (C=N–C) groups is 1. The third-order valence-corrected chi connectivity index (χ3v) is 8.94. The van der Waals surface area contributed by atoms with Gasteiger partial charge in [0.05, 0.1) is 11.4 Å². The zero-order valence-corrected chi connectivity index (χ0v) is 21.6. The van der Waals surface area contributed by atoms with Crippen molar-refractivity contribution in [3.8, 4) is 21.8 Å². The van der Waals surface area contributed by atoms with E-state index in [4.69, 9.17) is 9.98 Å². The van der Waals surface area contributed by atoms with Gasteiger partial charge in [0.15, 0.2) is 0 Å². The summed E-state index contributed by atoms with van der Waals surface area (Å²) in [6.45, 7) is 2.40. The molecule has 2 aliphatic rings. The van der Waals surface area contributed by atoms with Crippen molar-refractivity contribution in [3.63, 3.8) is 0 Å². The fourth-order valence-electron chi connectivity index (χ4n) is 5.80. The van der Waals surface area contributed by atoms with Gasteiger partial charge in [-0.1, -0.05) is 73.9 Å². The van der Waals surface area contributed by atoms with Gasteiger partial charge in [-0.15, -0.1) is 11.3 Å². The first-order chi connectivity index (χ1) is 17.8. The fourth-order valence-corrected chi connectivity index (χ4v) is 6.63. The molecule has 0 bridgehead atoms. The number of aromatic nitrogens is 1. The topological polar surface area (TPSA) is 28.5 Å². The largest absolute Gasteiger partial charge is 0.371 e. The van der Waals surface area contributed by atoms with Gasteiger partial charge in [-0.2, -0.15) is 0 Å². The highest BCUT2D eigenvalue weighted by molar-refractivity contribution is 7.13. The Labute approximate surface area is 218 Å². The average molecular weight is 492 g/mol. The molecule has 1 spiro atoms. The van der Waals surface area contributed by atoms with Crippen LogP contribution in [0.15, 0.2) is 89.2 Å². The van der Waals surface area contributed by atoms with Crippen LogP contribution in [0.5, 0.6) is 0 Å². The minimum atomic E-state index is 0.653. The lowest BCUT2D eigenvalue weighted by molar-refractivity contribution is 0.144. The van der Waals surface area contributed by atoms with Crippen molar-refractivity contribution in [2.45, 2.75) is 44.9 Å². The lowest BCUT2D eigenvalue weighted by Gasteiger charge is -2.45. The molecule has 0 atom stereocenters. The number of rotatable bonds is 5. The van der Waals surface area contributed by atoms with Crippen molar-refractivity contribution in [1.82, 2.24) is 4.98 Å². The van der Waals surface area contributed by atoms with Crippen LogP contribution >= 0.6 is 11.3 Å². The number of piperidine rings is 1. The van der Waals surface area contributed by atoms with Crippen molar-refractivity contribution >= 4 is 28.9 Å². The van der Waals surface area contributed by atoms with Crippen molar-refractivity contribution < 1.29 is 0 Å². The molecule has 4 heteroatoms. The summed E-state index contributed by atoms with van der Waals surface area (Å²) in [6.07, 6.45) is 11.9. The molecule has 1 saturated heterocycles. The molecule has 3 nitrogen and oxygen atoms in total. The van der Waals surface area contributed by atoms with Gasteiger partial charge in [0.2, 0.25) is 0 Å². The molecule has 0 amide bonds. The second kappa shape index (κ2) is 10.4. The maximum absolute atomic E-state index is 4.82. The van der Waals surface area contributed by atoms with Crippen molar-refractivity contribution in [2.75, 3.05) is 18.0 Å². The molecule has 0 radical (unpaired) electrons. The van der Waals surface area contributed by atoms with Gasteiger partial charge >= 0.3 is 0 Å². The monoisotopic (exact) mass is 491 g/mol. The Balaban J connectivity index is 1.06. The van der Waals surface area contributed by atoms with Crippen LogP contribution in [0.2, 0.25) is 0 Å². The van der Waals surface area contributed by atoms with Gasteiger partial charge in [-0.25, -0.2) is 4.98 Å². The van der Waals surface area contributed by atoms with Crippen LogP contribution in [0.4, 0.5) is 11.4 Å². The Kier molecular flexibility index (Phi) is 6.69. The first-order valence-electron chi connectivity index (χ1n) is 13.3. The molecule has 4 aromatic rings. The van der Waals surface area contributed by atoms with Crippen LogP contribution in [-0.2, 0) is 0 Å². The summed E-state index contributed by atoms with van der Waals surface area (Å²) in [4.78, 5) is 12.1. The van der Waals surface area contributed by atoms with E-state index in [1.165, 1.54) is 63.7 Å². The van der Waals surface area contributed by atoms with Gasteiger partial charge in [0.1, 0.15) is 5.01 Å². The summed E-state index contributed by atoms with van der Waals surface area (Å²) < 4.78 is 0. The van der Waals surface area contributed by atoms with E-state index in [0.717, 1.165) is 33.1 Å². The van der Waals surface area contributed by atoms with E-state index in [1.54, 1.807) is 11.3 Å². The quantitative estimate of drug-likeness (QED) is 0.261. The highest BCUT2D eigenvalue weighted by Gasteiger charge is 2.35. The first kappa shape index (κ1) is 23.2. The van der Waals surface area contributed by atoms with Crippen LogP contribution in [0.3, 0.4) is 0 Å². The summed E-state index contributed by atoms with van der Waals surface area (Å²) in [5.41, 5.74) is 7.38. The lowest BCUT2D eigenvalue weighted by Crippen LogP contribution is -2.41. The molecule has 36 heavy (non-hydrogen) atoms. The number of anilines is 1. The highest BCUT2D eigenvalue weighted by atomic mass is 32.1. The molecule has 0 N–H and O–H groups in total. The number of nitrogens with zero attached hydrogens (tertiary/aromatic N) is 3. The van der Waals surface area contributed by atoms with Crippen LogP contribution in [0.25, 0.3) is 21.8 Å². The standard InChI is InChI=1S/C32H33N3S/c1-3-7-27(8-4-1)31-34-30(24-36-31)26-11-13-28(14-12-26)33-23-25-9-15-29(16-10-25)35-21-19-32(20-22-35)17-5-2-6-18-32/h1,3-4,7-16,23-24H,2,5-6,17-22H2. The zero-order valence-electron chi connectivity index (χ0n) is 20.8. The molecule has 182 valence electrons. The SMILES string of the molecule is C(=Nc1ccc(-c2csc(-c3ccccc3)n2)cc1)c1ccc(N2CCC3(CCCCC3)CC2)cc1. The normalized spacial score (nSPS) is 17.6. The number of hydrogen-bond donors (Lipinski definition) is 0. The summed E-state index contributed by atoms with van der Waals surface area (Å²) in [5, 5.41) is 3.17. The Bertz CT molecular complexity index is 1290. The Morgan fingerprint density at radius 3 is 2.19 bits per heavy atom. The van der Waals surface area contributed by atoms with Crippen molar-refractivity contribution in [2.24, 2.45) is 10.4 Å². The second-order valence-corrected chi connectivity index (χ2v) is 11.2. The minimum Gasteiger partial charge on any atom is -0.371 e. The van der Waals surface area contributed by atoms with Gasteiger partial charge < -0.3 is 4.90 Å². The van der Waals surface area contributed by atoms with Crippen LogP contribution in [0, 0.1) is 5.41 Å². The maximum Gasteiger partial charge on any atom is 0.124 e. The van der Waals surface area contributed by atoms with Gasteiger partial charge in [0, 0.05) is 41.5 Å². The molecular formula is C32H33N3S. The summed E-state index contributed by atoms with van der Waals surface area (Å²) >= 11 is 1.68. The van der Waals surface area contributed by atoms with Gasteiger partial charge in [-0.05, 0) is 60.9 Å². The Morgan fingerprint density at radius 1 is 0.750 bits per heavy atom. The minimum absolute atomic E-state index is 0.653. The predicted molar refractivity (Wildman–Crippen MR) is 154 cm³/mol. The van der Waals surface area contributed by atoms with E-state index in [2.05, 4.69) is 83.1 Å². The van der Waals surface area contributed by atoms with E-state index in [1.807, 2.05) is 12.3 Å². The third-order valence-electron chi connectivity index (χ3n) is 8.05. The summed E-state index contributed by atoms with van der Waals surface area (Å²) in [5.74, 6) is 0. The molecule has 1 aliphatic carbocycles. The Morgan fingerprint density at radius 2 is 1.47 bits per heavy atom. The molecule has 1 aliphatic heterocycles. The van der Waals surface area contributed by atoms with E-state index in [-0.39, 0.29) is 0 Å². The van der Waals surface area contributed by atoms with Crippen LogP contribution in [-0.4, -0.2) is 24.3 Å². The Hall–Kier alpha value is -3.24. The van der Waals surface area contributed by atoms with E-state index < -0.39 is 0 Å². The van der Waals surface area contributed by atoms with Gasteiger partial charge in [0.25, 0.3) is 0 Å². The lowest BCUT2D eigenvalue weighted by atomic mass is 9.68. The molecular weight excluding hydrogens is 458 g/mol. The second-order valence-electron chi connectivity index (χ2n) is 10.3. The highest BCUT2D eigenvalue weighted by Crippen LogP contribution is 2.45. The summed E-state index contributed by atoms with van der Waals surface area (Å²) in [6, 6.07) is 27.6. The third kappa shape index (κ3) is 5.15. The van der Waals surface area contributed by atoms with Crippen LogP contribution < -0.4 is 4.90 Å². The first-order valence-corrected chi connectivity index (χ1v) is 14.1. The molecule has 6 rings (SSSR count). The predicted octanol–water partition coefficient (Wildman–Crippen LogP) is 8.78. The number of benzene rings is 3. The zero-order chi connectivity index (χ0) is 24.2.